The molecule has 2 aromatic carbocycles. The van der Waals surface area contributed by atoms with Crippen molar-refractivity contribution < 1.29 is 23.3 Å². The first-order valence-electron chi connectivity index (χ1n) is 8.54. The molecule has 0 bridgehead atoms. The Morgan fingerprint density at radius 2 is 1.48 bits per heavy atom. The number of rotatable bonds is 4. The van der Waals surface area contributed by atoms with Crippen molar-refractivity contribution in [3.63, 3.8) is 0 Å². The van der Waals surface area contributed by atoms with Gasteiger partial charge in [-0.2, -0.15) is 0 Å². The van der Waals surface area contributed by atoms with Gasteiger partial charge in [0, 0.05) is 0 Å². The lowest BCUT2D eigenvalue weighted by atomic mass is 9.79. The van der Waals surface area contributed by atoms with Crippen LogP contribution in [0.5, 0.6) is 0 Å². The van der Waals surface area contributed by atoms with Gasteiger partial charge in [0.1, 0.15) is 6.10 Å². The third-order valence-corrected chi connectivity index (χ3v) is 5.14. The van der Waals surface area contributed by atoms with E-state index in [-0.39, 0.29) is 5.56 Å². The number of hydrogen-bond acceptors (Lipinski definition) is 2. The standard InChI is InChI=1S/C20H21F3O2/c1-12-2-4-13(5-3-12)14-6-8-15(9-7-14)20(25-24)16-10-17(21)19(23)18(22)11-16/h6-13,20,24H,2-5H2,1H3. The number of benzene rings is 2. The van der Waals surface area contributed by atoms with Crippen LogP contribution in [-0.2, 0) is 4.89 Å². The van der Waals surface area contributed by atoms with E-state index in [0.717, 1.165) is 30.9 Å². The molecule has 1 N–H and O–H groups in total. The van der Waals surface area contributed by atoms with Gasteiger partial charge in [-0.25, -0.2) is 18.1 Å². The molecule has 0 spiro atoms. The largest absolute Gasteiger partial charge is 0.251 e. The van der Waals surface area contributed by atoms with Crippen molar-refractivity contribution in [2.45, 2.75) is 44.6 Å². The molecule has 2 aromatic rings. The molecule has 5 heteroatoms. The second kappa shape index (κ2) is 7.58. The molecule has 134 valence electrons. The van der Waals surface area contributed by atoms with E-state index in [1.807, 2.05) is 12.1 Å². The van der Waals surface area contributed by atoms with Gasteiger partial charge in [-0.3, -0.25) is 5.26 Å². The summed E-state index contributed by atoms with van der Waals surface area (Å²) in [6.07, 6.45) is 3.64. The Morgan fingerprint density at radius 1 is 0.920 bits per heavy atom. The predicted octanol–water partition coefficient (Wildman–Crippen LogP) is 5.98. The fourth-order valence-electron chi connectivity index (χ4n) is 3.58. The SMILES string of the molecule is CC1CCC(c2ccc(C(OO)c3cc(F)c(F)c(F)c3)cc2)CC1. The Morgan fingerprint density at radius 3 is 2.00 bits per heavy atom. The third kappa shape index (κ3) is 3.88. The van der Waals surface area contributed by atoms with E-state index in [1.165, 1.54) is 18.4 Å². The van der Waals surface area contributed by atoms with Crippen LogP contribution >= 0.6 is 0 Å². The normalized spacial score (nSPS) is 22.0. The summed E-state index contributed by atoms with van der Waals surface area (Å²) in [5, 5.41) is 9.19. The third-order valence-electron chi connectivity index (χ3n) is 5.14. The average molecular weight is 350 g/mol. The predicted molar refractivity (Wildman–Crippen MR) is 88.7 cm³/mol. The molecule has 0 aliphatic heterocycles. The van der Waals surface area contributed by atoms with E-state index in [0.29, 0.717) is 11.5 Å². The summed E-state index contributed by atoms with van der Waals surface area (Å²) in [5.74, 6) is -2.89. The lowest BCUT2D eigenvalue weighted by molar-refractivity contribution is -0.270. The quantitative estimate of drug-likeness (QED) is 0.418. The lowest BCUT2D eigenvalue weighted by Gasteiger charge is -2.26. The molecule has 25 heavy (non-hydrogen) atoms. The lowest BCUT2D eigenvalue weighted by Crippen LogP contribution is -2.11. The minimum atomic E-state index is -1.54. The molecule has 0 heterocycles. The van der Waals surface area contributed by atoms with Crippen LogP contribution in [0.25, 0.3) is 0 Å². The van der Waals surface area contributed by atoms with Gasteiger partial charge in [0.2, 0.25) is 0 Å². The van der Waals surface area contributed by atoms with Gasteiger partial charge < -0.3 is 0 Å². The first-order chi connectivity index (χ1) is 12.0. The highest BCUT2D eigenvalue weighted by Gasteiger charge is 2.22. The van der Waals surface area contributed by atoms with Crippen molar-refractivity contribution in [3.8, 4) is 0 Å². The average Bonchev–Trinajstić information content (AvgIpc) is 2.61. The zero-order valence-electron chi connectivity index (χ0n) is 14.0. The molecule has 3 rings (SSSR count). The summed E-state index contributed by atoms with van der Waals surface area (Å²) >= 11 is 0. The minimum Gasteiger partial charge on any atom is -0.251 e. The molecule has 1 aliphatic rings. The fourth-order valence-corrected chi connectivity index (χ4v) is 3.58. The van der Waals surface area contributed by atoms with Gasteiger partial charge >= 0.3 is 0 Å². The summed E-state index contributed by atoms with van der Waals surface area (Å²) in [6.45, 7) is 2.27. The van der Waals surface area contributed by atoms with Crippen molar-refractivity contribution in [2.24, 2.45) is 5.92 Å². The summed E-state index contributed by atoms with van der Waals surface area (Å²) < 4.78 is 40.0. The van der Waals surface area contributed by atoms with Crippen molar-refractivity contribution in [3.05, 3.63) is 70.5 Å². The van der Waals surface area contributed by atoms with Crippen molar-refractivity contribution in [1.82, 2.24) is 0 Å². The molecular weight excluding hydrogens is 329 g/mol. The Hall–Kier alpha value is -1.85. The Bertz CT molecular complexity index is 699. The monoisotopic (exact) mass is 350 g/mol. The zero-order valence-corrected chi connectivity index (χ0v) is 14.0. The van der Waals surface area contributed by atoms with E-state index in [2.05, 4.69) is 11.8 Å². The van der Waals surface area contributed by atoms with Crippen molar-refractivity contribution >= 4 is 0 Å². The molecule has 0 radical (unpaired) electrons. The Kier molecular flexibility index (Phi) is 5.45. The molecule has 2 nitrogen and oxygen atoms in total. The fraction of sp³-hybridized carbons (Fsp3) is 0.400. The van der Waals surface area contributed by atoms with Gasteiger partial charge in [-0.05, 0) is 53.5 Å². The van der Waals surface area contributed by atoms with Gasteiger partial charge in [0.05, 0.1) is 0 Å². The van der Waals surface area contributed by atoms with Crippen LogP contribution in [0.2, 0.25) is 0 Å². The molecule has 1 aliphatic carbocycles. The molecule has 1 fully saturated rings. The summed E-state index contributed by atoms with van der Waals surface area (Å²) in [7, 11) is 0. The van der Waals surface area contributed by atoms with Crippen LogP contribution in [0.4, 0.5) is 13.2 Å². The molecule has 1 atom stereocenters. The van der Waals surface area contributed by atoms with E-state index < -0.39 is 23.6 Å². The van der Waals surface area contributed by atoms with E-state index >= 15 is 0 Å². The highest BCUT2D eigenvalue weighted by Crippen LogP contribution is 2.36. The first kappa shape index (κ1) is 18.0. The van der Waals surface area contributed by atoms with Crippen LogP contribution in [0.3, 0.4) is 0 Å². The second-order valence-electron chi connectivity index (χ2n) is 6.91. The topological polar surface area (TPSA) is 29.5 Å². The Labute approximate surface area is 145 Å². The number of halogens is 3. The van der Waals surface area contributed by atoms with Crippen LogP contribution in [0, 0.1) is 23.4 Å². The van der Waals surface area contributed by atoms with Gasteiger partial charge in [0.25, 0.3) is 0 Å². The molecule has 0 aromatic heterocycles. The summed E-state index contributed by atoms with van der Waals surface area (Å²) in [4.78, 5) is 4.42. The van der Waals surface area contributed by atoms with Gasteiger partial charge in [0.15, 0.2) is 17.5 Å². The van der Waals surface area contributed by atoms with E-state index in [4.69, 9.17) is 0 Å². The maximum Gasteiger partial charge on any atom is 0.194 e. The molecule has 1 saturated carbocycles. The van der Waals surface area contributed by atoms with Crippen molar-refractivity contribution in [1.29, 1.82) is 0 Å². The summed E-state index contributed by atoms with van der Waals surface area (Å²) in [6, 6.07) is 9.11. The van der Waals surface area contributed by atoms with Crippen LogP contribution in [0.15, 0.2) is 36.4 Å². The maximum atomic E-state index is 13.4. The van der Waals surface area contributed by atoms with Crippen LogP contribution in [0.1, 0.15) is 61.3 Å². The molecule has 0 amide bonds. The molecule has 1 unspecified atom stereocenters. The summed E-state index contributed by atoms with van der Waals surface area (Å²) in [5.41, 5.74) is 1.77. The van der Waals surface area contributed by atoms with Gasteiger partial charge in [-0.15, -0.1) is 0 Å². The smallest absolute Gasteiger partial charge is 0.194 e. The number of hydrogen-bond donors (Lipinski definition) is 1. The second-order valence-corrected chi connectivity index (χ2v) is 6.91. The molecular formula is C20H21F3O2. The van der Waals surface area contributed by atoms with E-state index in [1.54, 1.807) is 12.1 Å². The highest BCUT2D eigenvalue weighted by molar-refractivity contribution is 5.34. The van der Waals surface area contributed by atoms with Gasteiger partial charge in [-0.1, -0.05) is 44.0 Å². The maximum absolute atomic E-state index is 13.4. The minimum absolute atomic E-state index is 0.0122. The Balaban J connectivity index is 1.82. The highest BCUT2D eigenvalue weighted by atomic mass is 19.2. The van der Waals surface area contributed by atoms with E-state index in [9.17, 15) is 18.4 Å². The van der Waals surface area contributed by atoms with Crippen molar-refractivity contribution in [2.75, 3.05) is 0 Å². The zero-order chi connectivity index (χ0) is 18.0. The first-order valence-corrected chi connectivity index (χ1v) is 8.54. The molecule has 0 saturated heterocycles. The van der Waals surface area contributed by atoms with Crippen LogP contribution < -0.4 is 0 Å². The van der Waals surface area contributed by atoms with Crippen LogP contribution in [-0.4, -0.2) is 5.26 Å².